The average Bonchev–Trinajstić information content (AvgIpc) is 3.03. The van der Waals surface area contributed by atoms with Gasteiger partial charge in [0.05, 0.1) is 0 Å². The van der Waals surface area contributed by atoms with Crippen molar-refractivity contribution in [1.29, 1.82) is 0 Å². The van der Waals surface area contributed by atoms with Crippen LogP contribution in [0.2, 0.25) is 0 Å². The quantitative estimate of drug-likeness (QED) is 0.514. The summed E-state index contributed by atoms with van der Waals surface area (Å²) in [7, 11) is 0. The number of ketones is 1. The molecule has 36 heavy (non-hydrogen) atoms. The number of fused-ring (bicyclic) bond motifs is 1. The molecule has 1 aliphatic carbocycles. The number of hydrogen-bond donors (Lipinski definition) is 2. The molecule has 1 aromatic carbocycles. The maximum atomic E-state index is 12.4. The molecule has 7 nitrogen and oxygen atoms in total. The zero-order chi connectivity index (χ0) is 26.3. The minimum Gasteiger partial charge on any atom is -0.444 e. The number of carbonyl (C=O) groups is 3. The van der Waals surface area contributed by atoms with Gasteiger partial charge in [0.2, 0.25) is 5.91 Å². The van der Waals surface area contributed by atoms with Gasteiger partial charge in [-0.3, -0.25) is 14.5 Å². The predicted molar refractivity (Wildman–Crippen MR) is 142 cm³/mol. The molecule has 1 saturated carbocycles. The lowest BCUT2D eigenvalue weighted by Gasteiger charge is -2.36. The molecule has 0 atom stereocenters. The third kappa shape index (κ3) is 8.61. The fraction of sp³-hybridized carbons (Fsp3) is 0.690. The van der Waals surface area contributed by atoms with Crippen LogP contribution in [0.1, 0.15) is 88.2 Å². The SMILES string of the molecule is CC(C)C(=O)c1ccc2c(c1)CCN(C1CCC(CNC(=O)CCNC(=O)OC(C)(C)C)CC1)CC2. The third-order valence-corrected chi connectivity index (χ3v) is 7.29. The first-order valence-electron chi connectivity index (χ1n) is 13.7. The van der Waals surface area contributed by atoms with Crippen molar-refractivity contribution < 1.29 is 19.1 Å². The molecular weight excluding hydrogens is 454 g/mol. The number of nitrogens with one attached hydrogen (secondary N) is 2. The minimum atomic E-state index is -0.542. The fourth-order valence-corrected chi connectivity index (χ4v) is 5.25. The Kier molecular flexibility index (Phi) is 9.94. The number of hydrogen-bond acceptors (Lipinski definition) is 5. The van der Waals surface area contributed by atoms with Crippen molar-refractivity contribution in [1.82, 2.24) is 15.5 Å². The largest absolute Gasteiger partial charge is 0.444 e. The third-order valence-electron chi connectivity index (χ3n) is 7.29. The Morgan fingerprint density at radius 2 is 1.67 bits per heavy atom. The zero-order valence-electron chi connectivity index (χ0n) is 22.8. The average molecular weight is 500 g/mol. The van der Waals surface area contributed by atoms with E-state index >= 15 is 0 Å². The highest BCUT2D eigenvalue weighted by Gasteiger charge is 2.27. The zero-order valence-corrected chi connectivity index (χ0v) is 22.8. The molecule has 7 heteroatoms. The topological polar surface area (TPSA) is 87.7 Å². The van der Waals surface area contributed by atoms with Crippen molar-refractivity contribution in [3.8, 4) is 0 Å². The van der Waals surface area contributed by atoms with Crippen LogP contribution in [0.4, 0.5) is 4.79 Å². The summed E-state index contributed by atoms with van der Waals surface area (Å²) < 4.78 is 5.18. The molecule has 2 aliphatic rings. The number of amides is 2. The summed E-state index contributed by atoms with van der Waals surface area (Å²) in [4.78, 5) is 38.9. The summed E-state index contributed by atoms with van der Waals surface area (Å²) in [6.45, 7) is 12.5. The summed E-state index contributed by atoms with van der Waals surface area (Å²) in [5.74, 6) is 0.731. The Bertz CT molecular complexity index is 914. The summed E-state index contributed by atoms with van der Waals surface area (Å²) >= 11 is 0. The van der Waals surface area contributed by atoms with E-state index in [1.807, 2.05) is 40.7 Å². The van der Waals surface area contributed by atoms with Gasteiger partial charge in [-0.2, -0.15) is 0 Å². The molecule has 0 spiro atoms. The summed E-state index contributed by atoms with van der Waals surface area (Å²) in [5, 5.41) is 5.67. The number of alkyl carbamates (subject to hydrolysis) is 1. The molecule has 2 amide bonds. The Balaban J connectivity index is 1.36. The van der Waals surface area contributed by atoms with E-state index in [2.05, 4.69) is 27.7 Å². The number of benzene rings is 1. The maximum Gasteiger partial charge on any atom is 0.407 e. The van der Waals surface area contributed by atoms with Crippen LogP contribution in [0.15, 0.2) is 18.2 Å². The van der Waals surface area contributed by atoms with Crippen molar-refractivity contribution in [3.05, 3.63) is 34.9 Å². The molecule has 2 N–H and O–H groups in total. The highest BCUT2D eigenvalue weighted by Crippen LogP contribution is 2.29. The normalized spacial score (nSPS) is 20.8. The van der Waals surface area contributed by atoms with Crippen LogP contribution >= 0.6 is 0 Å². The smallest absolute Gasteiger partial charge is 0.407 e. The number of rotatable bonds is 8. The Labute approximate surface area is 216 Å². The molecule has 0 bridgehead atoms. The molecule has 0 aromatic heterocycles. The second kappa shape index (κ2) is 12.7. The highest BCUT2D eigenvalue weighted by atomic mass is 16.6. The maximum absolute atomic E-state index is 12.4. The van der Waals surface area contributed by atoms with E-state index in [0.717, 1.165) is 57.2 Å². The van der Waals surface area contributed by atoms with Gasteiger partial charge < -0.3 is 15.4 Å². The lowest BCUT2D eigenvalue weighted by atomic mass is 9.85. The first kappa shape index (κ1) is 28.2. The van der Waals surface area contributed by atoms with Crippen molar-refractivity contribution in [2.45, 2.75) is 91.2 Å². The van der Waals surface area contributed by atoms with Gasteiger partial charge in [0, 0.05) is 50.1 Å². The lowest BCUT2D eigenvalue weighted by molar-refractivity contribution is -0.121. The van der Waals surface area contributed by atoms with Crippen LogP contribution in [0, 0.1) is 11.8 Å². The molecule has 200 valence electrons. The van der Waals surface area contributed by atoms with Crippen LogP contribution in [0.5, 0.6) is 0 Å². The van der Waals surface area contributed by atoms with Crippen LogP contribution < -0.4 is 10.6 Å². The van der Waals surface area contributed by atoms with Gasteiger partial charge in [-0.25, -0.2) is 4.79 Å². The fourth-order valence-electron chi connectivity index (χ4n) is 5.25. The van der Waals surface area contributed by atoms with Crippen molar-refractivity contribution in [2.75, 3.05) is 26.2 Å². The van der Waals surface area contributed by atoms with Crippen LogP contribution in [0.3, 0.4) is 0 Å². The molecule has 0 saturated heterocycles. The van der Waals surface area contributed by atoms with Crippen LogP contribution in [-0.4, -0.2) is 60.5 Å². The van der Waals surface area contributed by atoms with Gasteiger partial charge >= 0.3 is 6.09 Å². The van der Waals surface area contributed by atoms with Gasteiger partial charge in [-0.05, 0) is 82.4 Å². The Hall–Kier alpha value is -2.41. The van der Waals surface area contributed by atoms with Crippen molar-refractivity contribution in [2.24, 2.45) is 11.8 Å². The van der Waals surface area contributed by atoms with E-state index in [1.165, 1.54) is 11.1 Å². The number of Topliss-reactive ketones (excluding diaryl/α,β-unsaturated/α-hetero) is 1. The minimum absolute atomic E-state index is 0.0270. The molecule has 1 aliphatic heterocycles. The highest BCUT2D eigenvalue weighted by molar-refractivity contribution is 5.97. The van der Waals surface area contributed by atoms with Gasteiger partial charge in [0.1, 0.15) is 5.60 Å². The van der Waals surface area contributed by atoms with Crippen molar-refractivity contribution >= 4 is 17.8 Å². The molecular formula is C29H45N3O4. The standard InChI is InChI=1S/C29H45N3O4/c1-20(2)27(34)24-9-8-22-13-16-32(17-14-23(22)18-24)25-10-6-21(7-11-25)19-31-26(33)12-15-30-28(35)36-29(3,4)5/h8-9,18,20-21,25H,6-7,10-17,19H2,1-5H3,(H,30,35)(H,31,33). The number of carbonyl (C=O) groups excluding carboxylic acids is 3. The second-order valence-corrected chi connectivity index (χ2v) is 11.7. The number of ether oxygens (including phenoxy) is 1. The Morgan fingerprint density at radius 3 is 2.31 bits per heavy atom. The first-order valence-corrected chi connectivity index (χ1v) is 13.7. The molecule has 1 fully saturated rings. The van der Waals surface area contributed by atoms with E-state index in [9.17, 15) is 14.4 Å². The molecule has 0 unspecified atom stereocenters. The van der Waals surface area contributed by atoms with Gasteiger partial charge in [0.15, 0.2) is 5.78 Å². The van der Waals surface area contributed by atoms with Crippen LogP contribution in [0.25, 0.3) is 0 Å². The molecule has 3 rings (SSSR count). The van der Waals surface area contributed by atoms with E-state index in [1.54, 1.807) is 0 Å². The Morgan fingerprint density at radius 1 is 1.00 bits per heavy atom. The second-order valence-electron chi connectivity index (χ2n) is 11.7. The predicted octanol–water partition coefficient (Wildman–Crippen LogP) is 4.52. The summed E-state index contributed by atoms with van der Waals surface area (Å²) in [6.07, 6.45) is 6.38. The van der Waals surface area contributed by atoms with E-state index < -0.39 is 11.7 Å². The van der Waals surface area contributed by atoms with E-state index in [-0.39, 0.29) is 30.6 Å². The van der Waals surface area contributed by atoms with Gasteiger partial charge in [0.25, 0.3) is 0 Å². The van der Waals surface area contributed by atoms with Crippen molar-refractivity contribution in [3.63, 3.8) is 0 Å². The first-order chi connectivity index (χ1) is 17.0. The van der Waals surface area contributed by atoms with E-state index in [0.29, 0.717) is 18.5 Å². The molecule has 0 radical (unpaired) electrons. The molecule has 1 aromatic rings. The summed E-state index contributed by atoms with van der Waals surface area (Å²) in [6, 6.07) is 6.89. The van der Waals surface area contributed by atoms with Crippen LogP contribution in [-0.2, 0) is 22.4 Å². The lowest BCUT2D eigenvalue weighted by Crippen LogP contribution is -2.41. The van der Waals surface area contributed by atoms with E-state index in [4.69, 9.17) is 4.74 Å². The monoisotopic (exact) mass is 499 g/mol. The number of nitrogens with zero attached hydrogens (tertiary/aromatic N) is 1. The summed E-state index contributed by atoms with van der Waals surface area (Å²) in [5.41, 5.74) is 3.03. The van der Waals surface area contributed by atoms with Gasteiger partial charge in [-0.15, -0.1) is 0 Å². The van der Waals surface area contributed by atoms with Gasteiger partial charge in [-0.1, -0.05) is 26.0 Å². The molecule has 1 heterocycles.